The summed E-state index contributed by atoms with van der Waals surface area (Å²) in [5.74, 6) is -0.000469. The van der Waals surface area contributed by atoms with E-state index in [1.54, 1.807) is 17.5 Å². The maximum atomic E-state index is 12.3. The molecule has 8 heteroatoms. The highest BCUT2D eigenvalue weighted by Crippen LogP contribution is 2.28. The predicted octanol–water partition coefficient (Wildman–Crippen LogP) is 0.837. The standard InChI is InChI=1S/C14H18N4O3S/c19-11(4-3-10-12(20)17-14(21)16-10)18-6-1-2-9(8-18)13-15-5-7-22-13/h5,7,9-10H,1-4,6,8H2,(H2,16,17,20,21)/t9-,10+/m1/s1. The van der Waals surface area contributed by atoms with Crippen molar-refractivity contribution in [2.45, 2.75) is 37.6 Å². The van der Waals surface area contributed by atoms with Gasteiger partial charge in [0.2, 0.25) is 5.91 Å². The topological polar surface area (TPSA) is 91.4 Å². The molecule has 2 aliphatic heterocycles. The molecular weight excluding hydrogens is 304 g/mol. The van der Waals surface area contributed by atoms with Crippen LogP contribution in [0.2, 0.25) is 0 Å². The number of urea groups is 1. The van der Waals surface area contributed by atoms with Crippen LogP contribution >= 0.6 is 11.3 Å². The number of nitrogens with zero attached hydrogens (tertiary/aromatic N) is 2. The second-order valence-electron chi connectivity index (χ2n) is 5.60. The molecule has 3 heterocycles. The van der Waals surface area contributed by atoms with Gasteiger partial charge >= 0.3 is 6.03 Å². The van der Waals surface area contributed by atoms with Gasteiger partial charge in [0.25, 0.3) is 5.91 Å². The molecule has 2 N–H and O–H groups in total. The Labute approximate surface area is 132 Å². The molecule has 2 saturated heterocycles. The first-order chi connectivity index (χ1) is 10.6. The second-order valence-corrected chi connectivity index (χ2v) is 6.53. The number of imide groups is 1. The molecule has 0 spiro atoms. The molecule has 2 atom stereocenters. The summed E-state index contributed by atoms with van der Waals surface area (Å²) in [7, 11) is 0. The minimum atomic E-state index is -0.587. The summed E-state index contributed by atoms with van der Waals surface area (Å²) in [6.45, 7) is 1.44. The molecule has 7 nitrogen and oxygen atoms in total. The first-order valence-corrected chi connectivity index (χ1v) is 8.30. The van der Waals surface area contributed by atoms with E-state index >= 15 is 0 Å². The summed E-state index contributed by atoms with van der Waals surface area (Å²) < 4.78 is 0. The molecule has 3 rings (SSSR count). The van der Waals surface area contributed by atoms with Crippen LogP contribution in [-0.4, -0.2) is 46.9 Å². The predicted molar refractivity (Wildman–Crippen MR) is 80.4 cm³/mol. The Morgan fingerprint density at radius 2 is 2.32 bits per heavy atom. The third-order valence-corrected chi connectivity index (χ3v) is 5.02. The number of thiazole rings is 1. The SMILES string of the molecule is O=C1NC(=O)[C@H](CCC(=O)N2CCC[C@@H](c3nccs3)C2)N1. The van der Waals surface area contributed by atoms with Gasteiger partial charge in [0.05, 0.1) is 5.01 Å². The quantitative estimate of drug-likeness (QED) is 0.804. The van der Waals surface area contributed by atoms with E-state index in [2.05, 4.69) is 15.6 Å². The average molecular weight is 322 g/mol. The number of carbonyl (C=O) groups is 3. The van der Waals surface area contributed by atoms with Crippen LogP contribution in [0, 0.1) is 0 Å². The van der Waals surface area contributed by atoms with E-state index in [1.165, 1.54) is 0 Å². The molecule has 0 radical (unpaired) electrons. The summed E-state index contributed by atoms with van der Waals surface area (Å²) in [5, 5.41) is 7.73. The van der Waals surface area contributed by atoms with Gasteiger partial charge in [0.1, 0.15) is 6.04 Å². The zero-order valence-electron chi connectivity index (χ0n) is 12.1. The number of hydrogen-bond donors (Lipinski definition) is 2. The van der Waals surface area contributed by atoms with Crippen LogP contribution in [0.15, 0.2) is 11.6 Å². The van der Waals surface area contributed by atoms with Crippen molar-refractivity contribution in [2.24, 2.45) is 0 Å². The van der Waals surface area contributed by atoms with Crippen molar-refractivity contribution in [3.8, 4) is 0 Å². The van der Waals surface area contributed by atoms with Crippen molar-refractivity contribution in [3.05, 3.63) is 16.6 Å². The van der Waals surface area contributed by atoms with Crippen molar-refractivity contribution in [2.75, 3.05) is 13.1 Å². The van der Waals surface area contributed by atoms with Gasteiger partial charge in [-0.15, -0.1) is 11.3 Å². The van der Waals surface area contributed by atoms with Crippen molar-refractivity contribution in [1.82, 2.24) is 20.5 Å². The fraction of sp³-hybridized carbons (Fsp3) is 0.571. The number of hydrogen-bond acceptors (Lipinski definition) is 5. The molecular formula is C14H18N4O3S. The van der Waals surface area contributed by atoms with Gasteiger partial charge in [-0.25, -0.2) is 9.78 Å². The molecule has 0 aromatic carbocycles. The molecule has 0 bridgehead atoms. The van der Waals surface area contributed by atoms with Gasteiger partial charge in [-0.2, -0.15) is 0 Å². The molecule has 1 aromatic heterocycles. The van der Waals surface area contributed by atoms with Gasteiger partial charge in [0.15, 0.2) is 0 Å². The summed E-state index contributed by atoms with van der Waals surface area (Å²) in [4.78, 5) is 41.0. The number of likely N-dealkylation sites (tertiary alicyclic amines) is 1. The molecule has 0 saturated carbocycles. The van der Waals surface area contributed by atoms with Crippen LogP contribution in [0.4, 0.5) is 4.79 Å². The van der Waals surface area contributed by atoms with E-state index in [1.807, 2.05) is 10.3 Å². The van der Waals surface area contributed by atoms with Crippen LogP contribution in [-0.2, 0) is 9.59 Å². The Balaban J connectivity index is 1.51. The minimum Gasteiger partial charge on any atom is -0.342 e. The number of carbonyl (C=O) groups excluding carboxylic acids is 3. The summed E-state index contributed by atoms with van der Waals surface area (Å²) in [6, 6.07) is -1.07. The number of rotatable bonds is 4. The van der Waals surface area contributed by atoms with Crippen LogP contribution in [0.25, 0.3) is 0 Å². The van der Waals surface area contributed by atoms with Crippen LogP contribution in [0.5, 0.6) is 0 Å². The lowest BCUT2D eigenvalue weighted by molar-refractivity contribution is -0.132. The molecule has 1 aromatic rings. The van der Waals surface area contributed by atoms with Crippen molar-refractivity contribution < 1.29 is 14.4 Å². The van der Waals surface area contributed by atoms with E-state index < -0.39 is 12.1 Å². The van der Waals surface area contributed by atoms with Crippen LogP contribution in [0.1, 0.15) is 36.6 Å². The normalized spacial score (nSPS) is 25.0. The van der Waals surface area contributed by atoms with Crippen molar-refractivity contribution in [1.29, 1.82) is 0 Å². The van der Waals surface area contributed by atoms with E-state index in [4.69, 9.17) is 0 Å². The molecule has 2 aliphatic rings. The fourth-order valence-corrected chi connectivity index (χ4v) is 3.70. The average Bonchev–Trinajstić information content (AvgIpc) is 3.15. The molecule has 118 valence electrons. The number of piperidine rings is 1. The Hall–Kier alpha value is -1.96. The Morgan fingerprint density at radius 3 is 3.00 bits per heavy atom. The van der Waals surface area contributed by atoms with Crippen LogP contribution < -0.4 is 10.6 Å². The van der Waals surface area contributed by atoms with Crippen molar-refractivity contribution >= 4 is 29.2 Å². The van der Waals surface area contributed by atoms with Gasteiger partial charge in [0, 0.05) is 37.0 Å². The third-order valence-electron chi connectivity index (χ3n) is 4.08. The zero-order valence-corrected chi connectivity index (χ0v) is 12.9. The van der Waals surface area contributed by atoms with E-state index in [0.29, 0.717) is 18.9 Å². The molecule has 0 aliphatic carbocycles. The first-order valence-electron chi connectivity index (χ1n) is 7.42. The first kappa shape index (κ1) is 15.0. The number of amides is 4. The lowest BCUT2D eigenvalue weighted by atomic mass is 9.98. The van der Waals surface area contributed by atoms with Gasteiger partial charge in [-0.3, -0.25) is 14.9 Å². The Morgan fingerprint density at radius 1 is 1.45 bits per heavy atom. The minimum absolute atomic E-state index is 0.0372. The maximum Gasteiger partial charge on any atom is 0.322 e. The van der Waals surface area contributed by atoms with E-state index in [9.17, 15) is 14.4 Å². The molecule has 0 unspecified atom stereocenters. The lowest BCUT2D eigenvalue weighted by Crippen LogP contribution is -2.40. The highest BCUT2D eigenvalue weighted by Gasteiger charge is 2.31. The molecule has 22 heavy (non-hydrogen) atoms. The third kappa shape index (κ3) is 3.27. The second kappa shape index (κ2) is 6.43. The largest absolute Gasteiger partial charge is 0.342 e. The Bertz CT molecular complexity index is 575. The Kier molecular flexibility index (Phi) is 4.37. The summed E-state index contributed by atoms with van der Waals surface area (Å²) in [6.07, 6.45) is 4.43. The van der Waals surface area contributed by atoms with E-state index in [-0.39, 0.29) is 18.2 Å². The zero-order chi connectivity index (χ0) is 15.5. The highest BCUT2D eigenvalue weighted by atomic mass is 32.1. The van der Waals surface area contributed by atoms with Gasteiger partial charge in [-0.1, -0.05) is 0 Å². The maximum absolute atomic E-state index is 12.3. The molecule has 4 amide bonds. The number of aromatic nitrogens is 1. The van der Waals surface area contributed by atoms with Crippen molar-refractivity contribution in [3.63, 3.8) is 0 Å². The van der Waals surface area contributed by atoms with Gasteiger partial charge < -0.3 is 10.2 Å². The number of nitrogens with one attached hydrogen (secondary N) is 2. The molecule has 2 fully saturated rings. The summed E-state index contributed by atoms with van der Waals surface area (Å²) in [5.41, 5.74) is 0. The van der Waals surface area contributed by atoms with Crippen LogP contribution in [0.3, 0.4) is 0 Å². The van der Waals surface area contributed by atoms with E-state index in [0.717, 1.165) is 24.4 Å². The van der Waals surface area contributed by atoms with Gasteiger partial charge in [-0.05, 0) is 19.3 Å². The smallest absolute Gasteiger partial charge is 0.322 e. The monoisotopic (exact) mass is 322 g/mol. The fourth-order valence-electron chi connectivity index (χ4n) is 2.93. The lowest BCUT2D eigenvalue weighted by Gasteiger charge is -2.32. The summed E-state index contributed by atoms with van der Waals surface area (Å²) >= 11 is 1.63. The highest BCUT2D eigenvalue weighted by molar-refractivity contribution is 7.09.